The van der Waals surface area contributed by atoms with Crippen LogP contribution in [0.25, 0.3) is 11.0 Å². The molecule has 30 heavy (non-hydrogen) atoms. The number of aryl methyl sites for hydroxylation is 1. The number of imidazole rings is 1. The van der Waals surface area contributed by atoms with Crippen LogP contribution in [0.4, 0.5) is 15.8 Å². The van der Waals surface area contributed by atoms with Gasteiger partial charge in [-0.3, -0.25) is 9.63 Å². The summed E-state index contributed by atoms with van der Waals surface area (Å²) in [4.78, 5) is 21.2. The van der Waals surface area contributed by atoms with Gasteiger partial charge in [0, 0.05) is 16.8 Å². The van der Waals surface area contributed by atoms with Gasteiger partial charge >= 0.3 is 0 Å². The van der Waals surface area contributed by atoms with Crippen LogP contribution in [0.15, 0.2) is 43.2 Å². The Labute approximate surface area is 178 Å². The molecule has 0 bridgehead atoms. The molecule has 1 aliphatic rings. The lowest BCUT2D eigenvalue weighted by Crippen LogP contribution is -2.32. The van der Waals surface area contributed by atoms with Gasteiger partial charge in [0.25, 0.3) is 5.91 Å². The molecule has 0 atom stereocenters. The van der Waals surface area contributed by atoms with E-state index in [0.717, 1.165) is 18.4 Å². The van der Waals surface area contributed by atoms with E-state index in [2.05, 4.69) is 22.4 Å². The summed E-state index contributed by atoms with van der Waals surface area (Å²) in [6, 6.07) is 6.84. The lowest BCUT2D eigenvalue weighted by Gasteiger charge is -2.15. The van der Waals surface area contributed by atoms with Crippen LogP contribution in [-0.4, -0.2) is 17.5 Å². The van der Waals surface area contributed by atoms with Gasteiger partial charge in [0.05, 0.1) is 17.9 Å². The fourth-order valence-electron chi connectivity index (χ4n) is 3.29. The molecule has 3 N–H and O–H groups in total. The van der Waals surface area contributed by atoms with Crippen LogP contribution in [0.5, 0.6) is 0 Å². The lowest BCUT2D eigenvalue weighted by atomic mass is 10.1. The maximum atomic E-state index is 15.7. The number of aromatic amines is 1. The Balaban J connectivity index is 1.76. The van der Waals surface area contributed by atoms with Crippen molar-refractivity contribution in [2.75, 3.05) is 11.9 Å². The number of H-pyrrole nitrogens is 1. The number of amides is 1. The third-order valence-electron chi connectivity index (χ3n) is 5.10. The van der Waals surface area contributed by atoms with E-state index in [0.29, 0.717) is 40.8 Å². The molecule has 1 fully saturated rings. The number of anilines is 2. The average molecular weight is 430 g/mol. The Hall–Kier alpha value is -2.90. The van der Waals surface area contributed by atoms with E-state index in [-0.39, 0.29) is 11.3 Å². The molecule has 1 amide bonds. The Morgan fingerprint density at radius 3 is 2.93 bits per heavy atom. The smallest absolute Gasteiger partial charge is 0.277 e. The van der Waals surface area contributed by atoms with E-state index in [1.165, 1.54) is 0 Å². The molecule has 1 aromatic heterocycles. The Morgan fingerprint density at radius 2 is 2.23 bits per heavy atom. The fourth-order valence-corrected chi connectivity index (χ4v) is 3.52. The Bertz CT molecular complexity index is 1120. The van der Waals surface area contributed by atoms with Crippen molar-refractivity contribution in [3.05, 3.63) is 65.2 Å². The van der Waals surface area contributed by atoms with Crippen LogP contribution in [0.3, 0.4) is 0 Å². The molecule has 0 unspecified atom stereocenters. The molecule has 156 valence electrons. The summed E-state index contributed by atoms with van der Waals surface area (Å²) in [5, 5.41) is 3.66. The van der Waals surface area contributed by atoms with Gasteiger partial charge < -0.3 is 5.32 Å². The number of benzene rings is 2. The Morgan fingerprint density at radius 1 is 1.43 bits per heavy atom. The zero-order valence-electron chi connectivity index (χ0n) is 16.6. The lowest BCUT2D eigenvalue weighted by molar-refractivity contribution is -0.661. The summed E-state index contributed by atoms with van der Waals surface area (Å²) in [5.41, 5.74) is 4.97. The summed E-state index contributed by atoms with van der Waals surface area (Å²) in [6.07, 6.45) is 5.53. The van der Waals surface area contributed by atoms with Crippen LogP contribution in [0.2, 0.25) is 5.02 Å². The molecule has 2 aromatic carbocycles. The molecular weight excluding hydrogens is 407 g/mol. The normalized spacial score (nSPS) is 13.4. The molecule has 0 spiro atoms. The number of nitrogens with zero attached hydrogens (tertiary/aromatic N) is 1. The van der Waals surface area contributed by atoms with E-state index >= 15 is 4.39 Å². The van der Waals surface area contributed by atoms with Crippen LogP contribution in [-0.2, 0) is 11.4 Å². The second-order valence-electron chi connectivity index (χ2n) is 7.49. The number of rotatable bonds is 8. The molecule has 4 rings (SSSR count). The highest BCUT2D eigenvalue weighted by molar-refractivity contribution is 6.30. The Kier molecular flexibility index (Phi) is 5.74. The van der Waals surface area contributed by atoms with Crippen molar-refractivity contribution in [3.8, 4) is 0 Å². The highest BCUT2D eigenvalue weighted by Crippen LogP contribution is 2.32. The van der Waals surface area contributed by atoms with Crippen molar-refractivity contribution in [2.45, 2.75) is 26.3 Å². The van der Waals surface area contributed by atoms with E-state index in [1.807, 2.05) is 6.92 Å². The third kappa shape index (κ3) is 4.17. The van der Waals surface area contributed by atoms with Crippen LogP contribution >= 0.6 is 11.6 Å². The number of fused-ring (bicyclic) bond motifs is 1. The molecule has 1 saturated carbocycles. The van der Waals surface area contributed by atoms with Gasteiger partial charge in [-0.1, -0.05) is 24.3 Å². The first-order valence-electron chi connectivity index (χ1n) is 9.77. The predicted molar refractivity (Wildman–Crippen MR) is 114 cm³/mol. The minimum Gasteiger partial charge on any atom is -0.352 e. The second-order valence-corrected chi connectivity index (χ2v) is 7.93. The first-order chi connectivity index (χ1) is 14.5. The number of allylic oxidation sites excluding steroid dienone is 1. The molecule has 1 heterocycles. The minimum absolute atomic E-state index is 0.0675. The van der Waals surface area contributed by atoms with Gasteiger partial charge in [-0.05, 0) is 49.4 Å². The summed E-state index contributed by atoms with van der Waals surface area (Å²) in [6.45, 7) is 6.45. The molecule has 1 aliphatic carbocycles. The van der Waals surface area contributed by atoms with E-state index < -0.39 is 11.7 Å². The van der Waals surface area contributed by atoms with Crippen LogP contribution in [0.1, 0.15) is 28.8 Å². The quantitative estimate of drug-likeness (QED) is 0.279. The van der Waals surface area contributed by atoms with E-state index in [4.69, 9.17) is 16.4 Å². The van der Waals surface area contributed by atoms with Gasteiger partial charge in [-0.2, -0.15) is 4.39 Å². The largest absolute Gasteiger partial charge is 0.352 e. The van der Waals surface area contributed by atoms with Gasteiger partial charge in [-0.25, -0.2) is 15.0 Å². The second kappa shape index (κ2) is 8.45. The maximum Gasteiger partial charge on any atom is 0.277 e. The fraction of sp³-hybridized carbons (Fsp3) is 0.273. The van der Waals surface area contributed by atoms with E-state index in [1.54, 1.807) is 41.2 Å². The summed E-state index contributed by atoms with van der Waals surface area (Å²) >= 11 is 6.04. The maximum absolute atomic E-state index is 15.7. The van der Waals surface area contributed by atoms with Crippen LogP contribution < -0.4 is 15.4 Å². The van der Waals surface area contributed by atoms with Crippen molar-refractivity contribution < 1.29 is 18.6 Å². The number of hydrogen-bond acceptors (Lipinski definition) is 3. The standard InChI is InChI=1S/C22H22ClFN4O2/c1-3-8-28-12-25-18-10-16(22(29)27-30-11-14-4-5-14)20(19(24)21(18)28)26-17-7-6-15(23)9-13(17)2/h3,6-7,9-10,12,14H,1,4-5,8,11H2,2H3,(H2,26,27,29)/p+1. The number of nitrogens with one attached hydrogen (secondary N) is 3. The van der Waals surface area contributed by atoms with Crippen molar-refractivity contribution in [1.29, 1.82) is 0 Å². The van der Waals surface area contributed by atoms with Gasteiger partial charge in [0.1, 0.15) is 6.54 Å². The molecular formula is C22H23ClFN4O2+. The van der Waals surface area contributed by atoms with Crippen molar-refractivity contribution >= 4 is 39.9 Å². The summed E-state index contributed by atoms with van der Waals surface area (Å²) < 4.78 is 17.4. The molecule has 8 heteroatoms. The van der Waals surface area contributed by atoms with Crippen molar-refractivity contribution in [2.24, 2.45) is 5.92 Å². The topological polar surface area (TPSA) is 70.0 Å². The highest BCUT2D eigenvalue weighted by atomic mass is 35.5. The monoisotopic (exact) mass is 429 g/mol. The van der Waals surface area contributed by atoms with Crippen molar-refractivity contribution in [1.82, 2.24) is 10.5 Å². The minimum atomic E-state index is -0.544. The predicted octanol–water partition coefficient (Wildman–Crippen LogP) is 4.56. The zero-order chi connectivity index (χ0) is 21.3. The number of carbonyl (C=O) groups excluding carboxylic acids is 1. The number of carbonyl (C=O) groups is 1. The van der Waals surface area contributed by atoms with Gasteiger partial charge in [-0.15, -0.1) is 0 Å². The van der Waals surface area contributed by atoms with Gasteiger partial charge in [0.15, 0.2) is 11.3 Å². The zero-order valence-corrected chi connectivity index (χ0v) is 17.4. The molecule has 0 radical (unpaired) electrons. The molecule has 6 nitrogen and oxygen atoms in total. The summed E-state index contributed by atoms with van der Waals surface area (Å²) in [5.74, 6) is -0.576. The number of aromatic nitrogens is 2. The SMILES string of the molecule is C=CC[n+]1c[nH]c2cc(C(=O)NOCC3CC3)c(Nc3ccc(Cl)cc3C)c(F)c21. The first kappa shape index (κ1) is 20.4. The highest BCUT2D eigenvalue weighted by Gasteiger charge is 2.26. The number of halogens is 2. The molecule has 0 saturated heterocycles. The van der Waals surface area contributed by atoms with E-state index in [9.17, 15) is 4.79 Å². The summed E-state index contributed by atoms with van der Waals surface area (Å²) in [7, 11) is 0. The number of hydrogen-bond donors (Lipinski definition) is 3. The average Bonchev–Trinajstić information content (AvgIpc) is 3.45. The third-order valence-corrected chi connectivity index (χ3v) is 5.34. The van der Waals surface area contributed by atoms with Crippen molar-refractivity contribution in [3.63, 3.8) is 0 Å². The number of hydroxylamine groups is 1. The molecule has 3 aromatic rings. The first-order valence-corrected chi connectivity index (χ1v) is 10.1. The molecule has 0 aliphatic heterocycles. The van der Waals surface area contributed by atoms with Gasteiger partial charge in [0.2, 0.25) is 11.8 Å². The van der Waals surface area contributed by atoms with Crippen LogP contribution in [0, 0.1) is 18.7 Å².